The molecule has 0 aliphatic carbocycles. The van der Waals surface area contributed by atoms with Gasteiger partial charge in [-0.15, -0.1) is 0 Å². The van der Waals surface area contributed by atoms with E-state index in [0.29, 0.717) is 12.2 Å². The molecule has 1 atom stereocenters. The van der Waals surface area contributed by atoms with Crippen LogP contribution in [0.1, 0.15) is 25.7 Å². The summed E-state index contributed by atoms with van der Waals surface area (Å²) in [5, 5.41) is 12.1. The normalized spacial score (nSPS) is 17.1. The SMILES string of the molecule is O=C(C[C@@H](CN1CCCCC1)C(=O)O)Nc1ccccc1. The largest absolute Gasteiger partial charge is 0.481 e. The van der Waals surface area contributed by atoms with Gasteiger partial charge in [-0.1, -0.05) is 24.6 Å². The number of anilines is 1. The number of carboxylic acid groups (broad SMARTS) is 1. The smallest absolute Gasteiger partial charge is 0.308 e. The summed E-state index contributed by atoms with van der Waals surface area (Å²) in [7, 11) is 0. The number of rotatable bonds is 6. The molecule has 0 spiro atoms. The number of nitrogens with one attached hydrogen (secondary N) is 1. The van der Waals surface area contributed by atoms with E-state index < -0.39 is 11.9 Å². The summed E-state index contributed by atoms with van der Waals surface area (Å²) in [6, 6.07) is 9.11. The Morgan fingerprint density at radius 1 is 1.14 bits per heavy atom. The molecule has 1 aliphatic rings. The molecule has 1 saturated heterocycles. The first-order chi connectivity index (χ1) is 10.1. The minimum Gasteiger partial charge on any atom is -0.481 e. The van der Waals surface area contributed by atoms with Crippen LogP contribution in [0.5, 0.6) is 0 Å². The van der Waals surface area contributed by atoms with Crippen LogP contribution in [-0.2, 0) is 9.59 Å². The van der Waals surface area contributed by atoms with E-state index in [0.717, 1.165) is 25.9 Å². The zero-order valence-electron chi connectivity index (χ0n) is 12.1. The lowest BCUT2D eigenvalue weighted by molar-refractivity contribution is -0.144. The molecular weight excluding hydrogens is 268 g/mol. The predicted octanol–water partition coefficient (Wildman–Crippen LogP) is 2.20. The van der Waals surface area contributed by atoms with Crippen LogP contribution in [0.25, 0.3) is 0 Å². The Balaban J connectivity index is 1.86. The van der Waals surface area contributed by atoms with Crippen molar-refractivity contribution in [1.29, 1.82) is 0 Å². The van der Waals surface area contributed by atoms with Crippen molar-refractivity contribution < 1.29 is 14.7 Å². The van der Waals surface area contributed by atoms with Crippen LogP contribution in [0.4, 0.5) is 5.69 Å². The first kappa shape index (κ1) is 15.5. The zero-order chi connectivity index (χ0) is 15.1. The van der Waals surface area contributed by atoms with Crippen molar-refractivity contribution >= 4 is 17.6 Å². The van der Waals surface area contributed by atoms with E-state index in [-0.39, 0.29) is 12.3 Å². The number of hydrogen-bond acceptors (Lipinski definition) is 3. The second-order valence-corrected chi connectivity index (χ2v) is 5.51. The van der Waals surface area contributed by atoms with Gasteiger partial charge in [-0.3, -0.25) is 9.59 Å². The highest BCUT2D eigenvalue weighted by Crippen LogP contribution is 2.14. The number of carboxylic acids is 1. The summed E-state index contributed by atoms with van der Waals surface area (Å²) < 4.78 is 0. The van der Waals surface area contributed by atoms with Gasteiger partial charge in [0.2, 0.25) is 5.91 Å². The maximum absolute atomic E-state index is 12.0. The maximum Gasteiger partial charge on any atom is 0.308 e. The molecule has 1 heterocycles. The van der Waals surface area contributed by atoms with E-state index in [2.05, 4.69) is 10.2 Å². The van der Waals surface area contributed by atoms with Crippen molar-refractivity contribution in [3.63, 3.8) is 0 Å². The van der Waals surface area contributed by atoms with Crippen molar-refractivity contribution in [2.75, 3.05) is 25.0 Å². The number of benzene rings is 1. The number of carbonyl (C=O) groups excluding carboxylic acids is 1. The van der Waals surface area contributed by atoms with Crippen LogP contribution < -0.4 is 5.32 Å². The fraction of sp³-hybridized carbons (Fsp3) is 0.500. The molecule has 0 aromatic heterocycles. The molecule has 1 aromatic carbocycles. The van der Waals surface area contributed by atoms with Gasteiger partial charge in [0.1, 0.15) is 0 Å². The van der Waals surface area contributed by atoms with Crippen LogP contribution in [0, 0.1) is 5.92 Å². The summed E-state index contributed by atoms with van der Waals surface area (Å²) in [4.78, 5) is 25.5. The van der Waals surface area contributed by atoms with Gasteiger partial charge in [-0.25, -0.2) is 0 Å². The first-order valence-electron chi connectivity index (χ1n) is 7.45. The molecule has 21 heavy (non-hydrogen) atoms. The third-order valence-corrected chi connectivity index (χ3v) is 3.77. The van der Waals surface area contributed by atoms with Crippen molar-refractivity contribution in [1.82, 2.24) is 4.90 Å². The highest BCUT2D eigenvalue weighted by molar-refractivity contribution is 5.93. The lowest BCUT2D eigenvalue weighted by Crippen LogP contribution is -2.38. The molecule has 0 radical (unpaired) electrons. The maximum atomic E-state index is 12.0. The van der Waals surface area contributed by atoms with Gasteiger partial charge in [0.05, 0.1) is 5.92 Å². The third-order valence-electron chi connectivity index (χ3n) is 3.77. The Kier molecular flexibility index (Phi) is 5.75. The monoisotopic (exact) mass is 290 g/mol. The van der Waals surface area contributed by atoms with Crippen molar-refractivity contribution in [2.45, 2.75) is 25.7 Å². The standard InChI is InChI=1S/C16H22N2O3/c19-15(17-14-7-3-1-4-8-14)11-13(16(20)21)12-18-9-5-2-6-10-18/h1,3-4,7-8,13H,2,5-6,9-12H2,(H,17,19)(H,20,21)/t13-/m0/s1. The summed E-state index contributed by atoms with van der Waals surface area (Å²) in [6.45, 7) is 2.33. The predicted molar refractivity (Wildman–Crippen MR) is 81.1 cm³/mol. The minimum absolute atomic E-state index is 0.0146. The second kappa shape index (κ2) is 7.78. The number of carbonyl (C=O) groups is 2. The Morgan fingerprint density at radius 3 is 2.43 bits per heavy atom. The fourth-order valence-electron chi connectivity index (χ4n) is 2.64. The molecule has 114 valence electrons. The summed E-state index contributed by atoms with van der Waals surface area (Å²) in [5.41, 5.74) is 0.699. The minimum atomic E-state index is -0.899. The molecule has 1 aromatic rings. The summed E-state index contributed by atoms with van der Waals surface area (Å²) in [6.07, 6.45) is 3.45. The molecule has 0 saturated carbocycles. The lowest BCUT2D eigenvalue weighted by Gasteiger charge is -2.28. The number of para-hydroxylation sites is 1. The molecule has 5 nitrogen and oxygen atoms in total. The highest BCUT2D eigenvalue weighted by Gasteiger charge is 2.24. The van der Waals surface area contributed by atoms with E-state index in [1.165, 1.54) is 6.42 Å². The number of likely N-dealkylation sites (tertiary alicyclic amines) is 1. The topological polar surface area (TPSA) is 69.6 Å². The average Bonchev–Trinajstić information content (AvgIpc) is 2.48. The van der Waals surface area contributed by atoms with Gasteiger partial charge in [0, 0.05) is 18.7 Å². The van der Waals surface area contributed by atoms with Gasteiger partial charge in [0.25, 0.3) is 0 Å². The van der Waals surface area contributed by atoms with E-state index in [9.17, 15) is 14.7 Å². The van der Waals surface area contributed by atoms with Crippen LogP contribution in [0.2, 0.25) is 0 Å². The average molecular weight is 290 g/mol. The highest BCUT2D eigenvalue weighted by atomic mass is 16.4. The number of aliphatic carboxylic acids is 1. The Morgan fingerprint density at radius 2 is 1.81 bits per heavy atom. The van der Waals surface area contributed by atoms with Crippen LogP contribution >= 0.6 is 0 Å². The summed E-state index contributed by atoms with van der Waals surface area (Å²) in [5.74, 6) is -1.79. The molecule has 1 aliphatic heterocycles. The van der Waals surface area contributed by atoms with Crippen molar-refractivity contribution in [3.8, 4) is 0 Å². The molecule has 5 heteroatoms. The molecule has 0 unspecified atom stereocenters. The van der Waals surface area contributed by atoms with Crippen LogP contribution in [0.3, 0.4) is 0 Å². The first-order valence-corrected chi connectivity index (χ1v) is 7.45. The quantitative estimate of drug-likeness (QED) is 0.842. The molecular formula is C16H22N2O3. The van der Waals surface area contributed by atoms with Gasteiger partial charge < -0.3 is 15.3 Å². The molecule has 2 rings (SSSR count). The van der Waals surface area contributed by atoms with Gasteiger partial charge in [-0.05, 0) is 38.1 Å². The lowest BCUT2D eigenvalue weighted by atomic mass is 10.0. The van der Waals surface area contributed by atoms with Crippen molar-refractivity contribution in [2.24, 2.45) is 5.92 Å². The zero-order valence-corrected chi connectivity index (χ0v) is 12.1. The Labute approximate surface area is 125 Å². The van der Waals surface area contributed by atoms with E-state index in [1.54, 1.807) is 12.1 Å². The Bertz CT molecular complexity index is 470. The van der Waals surface area contributed by atoms with Crippen LogP contribution in [0.15, 0.2) is 30.3 Å². The summed E-state index contributed by atoms with van der Waals surface area (Å²) >= 11 is 0. The molecule has 0 bridgehead atoms. The third kappa shape index (κ3) is 5.19. The van der Waals surface area contributed by atoms with E-state index >= 15 is 0 Å². The number of piperidine rings is 1. The molecule has 1 fully saturated rings. The second-order valence-electron chi connectivity index (χ2n) is 5.51. The van der Waals surface area contributed by atoms with Gasteiger partial charge in [-0.2, -0.15) is 0 Å². The molecule has 2 N–H and O–H groups in total. The molecule has 1 amide bonds. The van der Waals surface area contributed by atoms with Gasteiger partial charge in [0.15, 0.2) is 0 Å². The number of amides is 1. The van der Waals surface area contributed by atoms with Crippen molar-refractivity contribution in [3.05, 3.63) is 30.3 Å². The van der Waals surface area contributed by atoms with E-state index in [1.807, 2.05) is 18.2 Å². The van der Waals surface area contributed by atoms with Crippen LogP contribution in [-0.4, -0.2) is 41.5 Å². The van der Waals surface area contributed by atoms with E-state index in [4.69, 9.17) is 0 Å². The number of nitrogens with zero attached hydrogens (tertiary/aromatic N) is 1. The fourth-order valence-corrected chi connectivity index (χ4v) is 2.64. The number of hydrogen-bond donors (Lipinski definition) is 2. The Hall–Kier alpha value is -1.88. The van der Waals surface area contributed by atoms with Gasteiger partial charge >= 0.3 is 5.97 Å².